The van der Waals surface area contributed by atoms with Crippen LogP contribution in [-0.4, -0.2) is 44.0 Å². The van der Waals surface area contributed by atoms with Crippen molar-refractivity contribution in [2.24, 2.45) is 0 Å². The molecule has 1 saturated heterocycles. The van der Waals surface area contributed by atoms with E-state index in [0.717, 1.165) is 9.37 Å². The van der Waals surface area contributed by atoms with E-state index in [0.29, 0.717) is 29.7 Å². The Bertz CT molecular complexity index is 911. The Morgan fingerprint density at radius 3 is 2.92 bits per heavy atom. The number of halogens is 1. The summed E-state index contributed by atoms with van der Waals surface area (Å²) in [5, 5.41) is 12.2. The summed E-state index contributed by atoms with van der Waals surface area (Å²) >= 11 is 3.34. The smallest absolute Gasteiger partial charge is 0.407 e. The summed E-state index contributed by atoms with van der Waals surface area (Å²) in [6.45, 7) is 1.76. The van der Waals surface area contributed by atoms with Crippen molar-refractivity contribution in [1.29, 1.82) is 0 Å². The van der Waals surface area contributed by atoms with E-state index in [9.17, 15) is 19.5 Å². The predicted molar refractivity (Wildman–Crippen MR) is 93.5 cm³/mol. The summed E-state index contributed by atoms with van der Waals surface area (Å²) in [7, 11) is 0. The molecule has 9 heteroatoms. The lowest BCUT2D eigenvalue weighted by atomic mass is 10.2. The summed E-state index contributed by atoms with van der Waals surface area (Å²) in [4.78, 5) is 41.2. The minimum atomic E-state index is -1.14. The number of hydrogen-bond donors (Lipinski definition) is 2. The van der Waals surface area contributed by atoms with Crippen LogP contribution >= 0.6 is 15.9 Å². The van der Waals surface area contributed by atoms with Crippen molar-refractivity contribution in [3.05, 3.63) is 44.4 Å². The van der Waals surface area contributed by atoms with Crippen molar-refractivity contribution in [2.45, 2.75) is 32.4 Å². The highest BCUT2D eigenvalue weighted by Gasteiger charge is 2.26. The number of aromatic nitrogens is 2. The van der Waals surface area contributed by atoms with Gasteiger partial charge in [-0.25, -0.2) is 9.78 Å². The van der Waals surface area contributed by atoms with Crippen molar-refractivity contribution in [1.82, 2.24) is 19.6 Å². The van der Waals surface area contributed by atoms with Crippen molar-refractivity contribution < 1.29 is 14.7 Å². The SMILES string of the molecule is Cc1nc2cc(Br)ccn2c(=O)c1CN(CC1CCC(=O)N1)C(=O)O. The minimum absolute atomic E-state index is 0.0711. The van der Waals surface area contributed by atoms with E-state index < -0.39 is 6.09 Å². The molecule has 0 radical (unpaired) electrons. The summed E-state index contributed by atoms with van der Waals surface area (Å²) < 4.78 is 2.19. The highest BCUT2D eigenvalue weighted by molar-refractivity contribution is 9.10. The number of fused-ring (bicyclic) bond motifs is 1. The average Bonchev–Trinajstić information content (AvgIpc) is 2.94. The molecule has 3 heterocycles. The van der Waals surface area contributed by atoms with Crippen LogP contribution in [0.1, 0.15) is 24.1 Å². The molecule has 8 nitrogen and oxygen atoms in total. The quantitative estimate of drug-likeness (QED) is 0.797. The van der Waals surface area contributed by atoms with Gasteiger partial charge < -0.3 is 15.3 Å². The van der Waals surface area contributed by atoms with E-state index in [1.54, 1.807) is 25.3 Å². The van der Waals surface area contributed by atoms with Gasteiger partial charge in [0.25, 0.3) is 5.56 Å². The van der Waals surface area contributed by atoms with E-state index in [1.807, 2.05) is 0 Å². The van der Waals surface area contributed by atoms with Crippen LogP contribution in [0, 0.1) is 6.92 Å². The molecule has 2 aromatic rings. The second-order valence-electron chi connectivity index (χ2n) is 6.02. The molecule has 3 rings (SSSR count). The molecule has 0 spiro atoms. The number of rotatable bonds is 4. The van der Waals surface area contributed by atoms with Crippen molar-refractivity contribution in [2.75, 3.05) is 6.54 Å². The van der Waals surface area contributed by atoms with Crippen LogP contribution in [0.15, 0.2) is 27.6 Å². The molecule has 0 aliphatic carbocycles. The highest BCUT2D eigenvalue weighted by atomic mass is 79.9. The first kappa shape index (κ1) is 17.4. The Hall–Kier alpha value is -2.42. The van der Waals surface area contributed by atoms with Gasteiger partial charge in [-0.15, -0.1) is 0 Å². The summed E-state index contributed by atoms with van der Waals surface area (Å²) in [5.41, 5.74) is 1.01. The van der Waals surface area contributed by atoms with Gasteiger partial charge in [0.05, 0.1) is 17.8 Å². The third-order valence-corrected chi connectivity index (χ3v) is 4.73. The first-order valence-corrected chi connectivity index (χ1v) is 8.59. The van der Waals surface area contributed by atoms with Gasteiger partial charge in [0.15, 0.2) is 0 Å². The molecule has 1 atom stereocenters. The van der Waals surface area contributed by atoms with Crippen LogP contribution in [0.5, 0.6) is 0 Å². The molecule has 2 N–H and O–H groups in total. The van der Waals surface area contributed by atoms with Crippen LogP contribution in [0.2, 0.25) is 0 Å². The van der Waals surface area contributed by atoms with E-state index >= 15 is 0 Å². The number of carboxylic acid groups (broad SMARTS) is 1. The molecule has 1 aliphatic heterocycles. The number of aryl methyl sites for hydroxylation is 1. The number of hydrogen-bond acceptors (Lipinski definition) is 4. The predicted octanol–water partition coefficient (Wildman–Crippen LogP) is 1.52. The van der Waals surface area contributed by atoms with Gasteiger partial charge in [0.1, 0.15) is 5.65 Å². The van der Waals surface area contributed by atoms with Crippen LogP contribution in [0.4, 0.5) is 4.79 Å². The summed E-state index contributed by atoms with van der Waals surface area (Å²) in [6.07, 6.45) is 1.44. The van der Waals surface area contributed by atoms with Crippen LogP contribution in [0.25, 0.3) is 5.65 Å². The van der Waals surface area contributed by atoms with E-state index in [4.69, 9.17) is 0 Å². The Balaban J connectivity index is 1.91. The Labute approximate surface area is 151 Å². The first-order valence-electron chi connectivity index (χ1n) is 7.80. The Morgan fingerprint density at radius 2 is 2.28 bits per heavy atom. The molecule has 2 aromatic heterocycles. The number of nitrogens with one attached hydrogen (secondary N) is 1. The Morgan fingerprint density at radius 1 is 1.52 bits per heavy atom. The first-order chi connectivity index (χ1) is 11.8. The normalized spacial score (nSPS) is 16.9. The van der Waals surface area contributed by atoms with Crippen molar-refractivity contribution in [3.8, 4) is 0 Å². The van der Waals surface area contributed by atoms with Gasteiger partial charge in [0, 0.05) is 29.7 Å². The maximum Gasteiger partial charge on any atom is 0.407 e. The molecular formula is C16H17BrN4O4. The largest absolute Gasteiger partial charge is 0.465 e. The van der Waals surface area contributed by atoms with Crippen molar-refractivity contribution >= 4 is 33.6 Å². The fraction of sp³-hybridized carbons (Fsp3) is 0.375. The average molecular weight is 409 g/mol. The lowest BCUT2D eigenvalue weighted by Crippen LogP contribution is -2.42. The second-order valence-corrected chi connectivity index (χ2v) is 6.94. The maximum absolute atomic E-state index is 12.7. The number of pyridine rings is 1. The fourth-order valence-electron chi connectivity index (χ4n) is 2.92. The Kier molecular flexibility index (Phi) is 4.76. The molecule has 1 aliphatic rings. The number of carbonyl (C=O) groups is 2. The van der Waals surface area contributed by atoms with E-state index in [2.05, 4.69) is 26.2 Å². The van der Waals surface area contributed by atoms with Gasteiger partial charge in [-0.3, -0.25) is 14.0 Å². The molecule has 0 saturated carbocycles. The van der Waals surface area contributed by atoms with Crippen LogP contribution in [0.3, 0.4) is 0 Å². The van der Waals surface area contributed by atoms with Gasteiger partial charge in [-0.2, -0.15) is 0 Å². The number of amides is 2. The van der Waals surface area contributed by atoms with Gasteiger partial charge in [-0.05, 0) is 25.5 Å². The fourth-order valence-corrected chi connectivity index (χ4v) is 3.25. The zero-order valence-electron chi connectivity index (χ0n) is 13.5. The molecule has 0 aromatic carbocycles. The molecule has 25 heavy (non-hydrogen) atoms. The third-order valence-electron chi connectivity index (χ3n) is 4.24. The van der Waals surface area contributed by atoms with Crippen LogP contribution in [-0.2, 0) is 11.3 Å². The summed E-state index contributed by atoms with van der Waals surface area (Å²) in [6, 6.07) is 3.22. The number of carbonyl (C=O) groups excluding carboxylic acids is 1. The zero-order chi connectivity index (χ0) is 18.1. The lowest BCUT2D eigenvalue weighted by Gasteiger charge is -2.23. The van der Waals surface area contributed by atoms with E-state index in [-0.39, 0.29) is 30.6 Å². The molecule has 1 fully saturated rings. The summed E-state index contributed by atoms with van der Waals surface area (Å²) in [5.74, 6) is -0.0791. The van der Waals surface area contributed by atoms with Crippen molar-refractivity contribution in [3.63, 3.8) is 0 Å². The minimum Gasteiger partial charge on any atom is -0.465 e. The standard InChI is InChI=1S/C16H17BrN4O4/c1-9-12(15(23)21-5-4-10(17)6-13(21)18-9)8-20(16(24)25)7-11-2-3-14(22)19-11/h4-6,11H,2-3,7-8H2,1H3,(H,19,22)(H,24,25). The molecule has 0 bridgehead atoms. The van der Waals surface area contributed by atoms with Gasteiger partial charge in [-0.1, -0.05) is 15.9 Å². The van der Waals surface area contributed by atoms with Gasteiger partial charge in [0.2, 0.25) is 5.91 Å². The topological polar surface area (TPSA) is 104 Å². The maximum atomic E-state index is 12.7. The second kappa shape index (κ2) is 6.83. The van der Waals surface area contributed by atoms with Crippen LogP contribution < -0.4 is 10.9 Å². The van der Waals surface area contributed by atoms with E-state index in [1.165, 1.54) is 4.40 Å². The molecular weight excluding hydrogens is 392 g/mol. The lowest BCUT2D eigenvalue weighted by molar-refractivity contribution is -0.119. The number of nitrogens with zero attached hydrogens (tertiary/aromatic N) is 3. The zero-order valence-corrected chi connectivity index (χ0v) is 15.1. The third kappa shape index (κ3) is 3.65. The molecule has 2 amide bonds. The van der Waals surface area contributed by atoms with Gasteiger partial charge >= 0.3 is 6.09 Å². The molecule has 1 unspecified atom stereocenters. The monoisotopic (exact) mass is 408 g/mol. The molecule has 132 valence electrons. The highest BCUT2D eigenvalue weighted by Crippen LogP contribution is 2.14.